The van der Waals surface area contributed by atoms with Crippen LogP contribution in [0.5, 0.6) is 0 Å². The van der Waals surface area contributed by atoms with Crippen LogP contribution in [0.4, 0.5) is 0 Å². The van der Waals surface area contributed by atoms with Crippen molar-refractivity contribution in [1.82, 2.24) is 0 Å². The summed E-state index contributed by atoms with van der Waals surface area (Å²) in [4.78, 5) is 0. The van der Waals surface area contributed by atoms with E-state index in [9.17, 15) is 0 Å². The third-order valence-corrected chi connectivity index (χ3v) is 21.2. The largest absolute Gasteiger partial charge is 0.691 e. The van der Waals surface area contributed by atoms with Gasteiger partial charge >= 0.3 is 0 Å². The molecule has 0 nitrogen and oxygen atoms in total. The smallest absolute Gasteiger partial charge is 0.0613 e. The zero-order valence-corrected chi connectivity index (χ0v) is 13.5. The van der Waals surface area contributed by atoms with E-state index in [1.54, 1.807) is 0 Å². The van der Waals surface area contributed by atoms with Crippen LogP contribution in [0, 0.1) is 0 Å². The Morgan fingerprint density at radius 3 is 1.50 bits per heavy atom. The van der Waals surface area contributed by atoms with Gasteiger partial charge in [0.2, 0.25) is 0 Å². The molecular formula is C9H21ClP2S2. The fraction of sp³-hybridized carbons (Fsp3) is 1.00. The van der Waals surface area contributed by atoms with Gasteiger partial charge < -0.3 is 12.2 Å². The van der Waals surface area contributed by atoms with E-state index in [0.717, 1.165) is 0 Å². The molecule has 0 bridgehead atoms. The van der Waals surface area contributed by atoms with Gasteiger partial charge in [-0.25, -0.2) is 0 Å². The number of hydrogen-bond donors (Lipinski definition) is 0. The molecule has 0 aromatic carbocycles. The standard InChI is InChI=1S/C9H21ClP2S2/c1-4-7-11(8-5-2,9-6-3)12(10,13)14/h4-9H2,1-3H3. The van der Waals surface area contributed by atoms with Gasteiger partial charge in [-0.05, 0) is 19.3 Å². The SMILES string of the molecule is CCC[P+](CCC)(CCC)P(=S)([S-])Cl. The molecule has 0 amide bonds. The molecule has 0 aromatic heterocycles. The monoisotopic (exact) mass is 290 g/mol. The van der Waals surface area contributed by atoms with E-state index >= 15 is 0 Å². The Hall–Kier alpha value is 1.72. The summed E-state index contributed by atoms with van der Waals surface area (Å²) in [5.41, 5.74) is 0. The highest BCUT2D eigenvalue weighted by Crippen LogP contribution is 2.91. The lowest BCUT2D eigenvalue weighted by atomic mass is 10.6. The minimum absolute atomic E-state index is 1.17. The lowest BCUT2D eigenvalue weighted by Crippen LogP contribution is -2.05. The van der Waals surface area contributed by atoms with Gasteiger partial charge in [-0.2, -0.15) is 0 Å². The molecule has 5 heteroatoms. The Morgan fingerprint density at radius 1 is 1.07 bits per heavy atom. The first kappa shape index (κ1) is 15.7. The number of rotatable bonds is 7. The molecule has 0 spiro atoms. The molecule has 0 aliphatic heterocycles. The first-order chi connectivity index (χ1) is 6.43. The van der Waals surface area contributed by atoms with Gasteiger partial charge in [0.05, 0.1) is 18.5 Å². The van der Waals surface area contributed by atoms with Crippen molar-refractivity contribution in [2.75, 3.05) is 18.5 Å². The molecule has 0 saturated carbocycles. The zero-order chi connectivity index (χ0) is 11.2. The van der Waals surface area contributed by atoms with Crippen LogP contribution >= 0.6 is 22.5 Å². The first-order valence-corrected chi connectivity index (χ1v) is 13.1. The van der Waals surface area contributed by atoms with E-state index in [4.69, 9.17) is 35.3 Å². The molecule has 1 atom stereocenters. The van der Waals surface area contributed by atoms with Crippen LogP contribution < -0.4 is 0 Å². The highest BCUT2D eigenvalue weighted by molar-refractivity contribution is 8.90. The number of halogens is 1. The van der Waals surface area contributed by atoms with Crippen LogP contribution in [0.15, 0.2) is 0 Å². The first-order valence-electron chi connectivity index (χ1n) is 5.30. The van der Waals surface area contributed by atoms with Crippen molar-refractivity contribution in [1.29, 1.82) is 0 Å². The van der Waals surface area contributed by atoms with Crippen molar-refractivity contribution in [2.24, 2.45) is 0 Å². The predicted molar refractivity (Wildman–Crippen MR) is 79.9 cm³/mol. The van der Waals surface area contributed by atoms with Crippen molar-refractivity contribution in [3.63, 3.8) is 0 Å². The Kier molecular flexibility index (Phi) is 8.00. The summed E-state index contributed by atoms with van der Waals surface area (Å²) in [5, 5.41) is 0. The van der Waals surface area contributed by atoms with Crippen molar-refractivity contribution in [3.05, 3.63) is 0 Å². The minimum atomic E-state index is -1.96. The van der Waals surface area contributed by atoms with Gasteiger partial charge in [-0.3, -0.25) is 0 Å². The minimum Gasteiger partial charge on any atom is -0.691 e. The highest BCUT2D eigenvalue weighted by atomic mass is 35.7. The summed E-state index contributed by atoms with van der Waals surface area (Å²) in [6.07, 6.45) is 7.23. The second-order valence-corrected chi connectivity index (χ2v) is 21.5. The Labute approximate surface area is 105 Å². The molecule has 0 N–H and O–H groups in total. The maximum absolute atomic E-state index is 6.38. The van der Waals surface area contributed by atoms with E-state index < -0.39 is 11.2 Å². The topological polar surface area (TPSA) is 0 Å². The van der Waals surface area contributed by atoms with E-state index in [-0.39, 0.29) is 0 Å². The van der Waals surface area contributed by atoms with Crippen LogP contribution in [0.1, 0.15) is 40.0 Å². The van der Waals surface area contributed by atoms with Crippen LogP contribution in [0.2, 0.25) is 0 Å². The Morgan fingerprint density at radius 2 is 1.36 bits per heavy atom. The van der Waals surface area contributed by atoms with Crippen LogP contribution in [0.3, 0.4) is 0 Å². The molecule has 0 heterocycles. The average molecular weight is 291 g/mol. The molecule has 0 aliphatic rings. The number of hydrogen-bond acceptors (Lipinski definition) is 2. The molecule has 0 fully saturated rings. The third kappa shape index (κ3) is 4.30. The fourth-order valence-corrected chi connectivity index (χ4v) is 16.2. The molecule has 14 heavy (non-hydrogen) atoms. The molecule has 86 valence electrons. The zero-order valence-electron chi connectivity index (χ0n) is 9.33. The van der Waals surface area contributed by atoms with E-state index in [1.807, 2.05) is 0 Å². The van der Waals surface area contributed by atoms with E-state index in [2.05, 4.69) is 20.8 Å². The van der Waals surface area contributed by atoms with Crippen molar-refractivity contribution >= 4 is 46.5 Å². The summed E-state index contributed by atoms with van der Waals surface area (Å²) in [6.45, 7) is 5.48. The van der Waals surface area contributed by atoms with E-state index in [0.29, 0.717) is 0 Å². The van der Waals surface area contributed by atoms with Gasteiger partial charge in [-0.15, -0.1) is 0 Å². The highest BCUT2D eigenvalue weighted by Gasteiger charge is 2.39. The summed E-state index contributed by atoms with van der Waals surface area (Å²) >= 11 is 17.3. The van der Waals surface area contributed by atoms with Crippen LogP contribution in [0.25, 0.3) is 0 Å². The van der Waals surface area contributed by atoms with Gasteiger partial charge in [0.15, 0.2) is 0 Å². The summed E-state index contributed by atoms with van der Waals surface area (Å²) in [6, 6.07) is 0. The average Bonchev–Trinajstić information content (AvgIpc) is 2.03. The second kappa shape index (κ2) is 7.13. The second-order valence-electron chi connectivity index (χ2n) is 3.72. The molecule has 0 aliphatic carbocycles. The van der Waals surface area contributed by atoms with E-state index in [1.165, 1.54) is 37.7 Å². The maximum atomic E-state index is 6.38. The van der Waals surface area contributed by atoms with Crippen LogP contribution in [-0.4, -0.2) is 18.5 Å². The molecule has 0 radical (unpaired) electrons. The maximum Gasteiger partial charge on any atom is 0.0613 e. The van der Waals surface area contributed by atoms with Gasteiger partial charge in [0, 0.05) is 11.2 Å². The Balaban J connectivity index is 4.83. The van der Waals surface area contributed by atoms with Crippen molar-refractivity contribution < 1.29 is 0 Å². The summed E-state index contributed by atoms with van der Waals surface area (Å²) in [5.74, 6) is 0. The molecule has 0 aromatic rings. The quantitative estimate of drug-likeness (QED) is 0.464. The molecule has 0 rings (SSSR count). The molecule has 0 saturated heterocycles. The van der Waals surface area contributed by atoms with Gasteiger partial charge in [-0.1, -0.05) is 43.8 Å². The fourth-order valence-electron chi connectivity index (χ4n) is 1.94. The van der Waals surface area contributed by atoms with Gasteiger partial charge in [0.1, 0.15) is 0 Å². The lowest BCUT2D eigenvalue weighted by Gasteiger charge is -2.38. The summed E-state index contributed by atoms with van der Waals surface area (Å²) < 4.78 is -1.96. The van der Waals surface area contributed by atoms with Crippen molar-refractivity contribution in [3.8, 4) is 0 Å². The van der Waals surface area contributed by atoms with Crippen molar-refractivity contribution in [2.45, 2.75) is 40.0 Å². The molecular weight excluding hydrogens is 270 g/mol. The summed E-state index contributed by atoms with van der Waals surface area (Å²) in [7, 11) is 0. The molecule has 1 unspecified atom stereocenters. The normalized spacial score (nSPS) is 16.6. The Bertz CT molecular complexity index is 186. The van der Waals surface area contributed by atoms with Gasteiger partial charge in [0.25, 0.3) is 0 Å². The lowest BCUT2D eigenvalue weighted by molar-refractivity contribution is 1.01. The third-order valence-electron chi connectivity index (χ3n) is 2.43. The predicted octanol–water partition coefficient (Wildman–Crippen LogP) is 5.24. The van der Waals surface area contributed by atoms with Crippen LogP contribution in [-0.2, 0) is 24.1 Å².